The van der Waals surface area contributed by atoms with Crippen LogP contribution in [-0.2, 0) is 15.7 Å². The Labute approximate surface area is 108 Å². The van der Waals surface area contributed by atoms with Crippen molar-refractivity contribution in [1.29, 1.82) is 0 Å². The van der Waals surface area contributed by atoms with Crippen molar-refractivity contribution < 1.29 is 22.7 Å². The molecule has 0 spiro atoms. The number of ether oxygens (including phenoxy) is 1. The molecule has 1 aromatic carbocycles. The maximum atomic E-state index is 12.9. The van der Waals surface area contributed by atoms with Crippen molar-refractivity contribution in [3.8, 4) is 0 Å². The fourth-order valence-electron chi connectivity index (χ4n) is 1.90. The lowest BCUT2D eigenvalue weighted by atomic mass is 9.99. The van der Waals surface area contributed by atoms with Gasteiger partial charge in [0.15, 0.2) is 0 Å². The lowest BCUT2D eigenvalue weighted by Gasteiger charge is -2.20. The molecule has 1 unspecified atom stereocenters. The molecule has 2 rings (SSSR count). The number of benzene rings is 1. The molecular weight excluding hydrogens is 259 g/mol. The molecule has 0 radical (unpaired) electrons. The summed E-state index contributed by atoms with van der Waals surface area (Å²) in [7, 11) is 1.17. The van der Waals surface area contributed by atoms with Gasteiger partial charge in [-0.2, -0.15) is 13.2 Å². The summed E-state index contributed by atoms with van der Waals surface area (Å²) in [6.45, 7) is 0. The molecule has 1 aliphatic carbocycles. The second kappa shape index (κ2) is 5.21. The Kier molecular flexibility index (Phi) is 3.80. The van der Waals surface area contributed by atoms with E-state index < -0.39 is 23.8 Å². The van der Waals surface area contributed by atoms with Crippen LogP contribution in [0.25, 0.3) is 0 Å². The van der Waals surface area contributed by atoms with Crippen molar-refractivity contribution in [3.05, 3.63) is 35.4 Å². The van der Waals surface area contributed by atoms with Crippen LogP contribution in [0.3, 0.4) is 0 Å². The lowest BCUT2D eigenvalue weighted by molar-refractivity contribution is -0.145. The number of hydrogen-bond acceptors (Lipinski definition) is 3. The summed E-state index contributed by atoms with van der Waals surface area (Å²) in [5.41, 5.74) is -0.896. The van der Waals surface area contributed by atoms with E-state index in [1.807, 2.05) is 0 Å². The van der Waals surface area contributed by atoms with Gasteiger partial charge in [0.25, 0.3) is 0 Å². The zero-order valence-electron chi connectivity index (χ0n) is 10.3. The molecule has 0 aromatic heterocycles. The van der Waals surface area contributed by atoms with Gasteiger partial charge in [0.2, 0.25) is 0 Å². The van der Waals surface area contributed by atoms with Crippen molar-refractivity contribution in [3.63, 3.8) is 0 Å². The van der Waals surface area contributed by atoms with Gasteiger partial charge in [-0.25, -0.2) is 4.79 Å². The van der Waals surface area contributed by atoms with Crippen LogP contribution in [0.4, 0.5) is 13.2 Å². The fourth-order valence-corrected chi connectivity index (χ4v) is 1.90. The molecule has 104 valence electrons. The van der Waals surface area contributed by atoms with Crippen LogP contribution in [0.15, 0.2) is 24.3 Å². The molecule has 0 heterocycles. The standard InChI is InChI=1S/C13H14F3NO2/c1-19-12(18)11(17-8-6-7-8)9-4-2-3-5-10(9)13(14,15)16/h2-5,8,11,17H,6-7H2,1H3. The summed E-state index contributed by atoms with van der Waals surface area (Å²) >= 11 is 0. The normalized spacial score (nSPS) is 17.1. The van der Waals surface area contributed by atoms with Crippen LogP contribution in [0.1, 0.15) is 30.0 Å². The second-order valence-electron chi connectivity index (χ2n) is 4.48. The van der Waals surface area contributed by atoms with Gasteiger partial charge in [0, 0.05) is 6.04 Å². The van der Waals surface area contributed by atoms with E-state index in [4.69, 9.17) is 0 Å². The average molecular weight is 273 g/mol. The van der Waals surface area contributed by atoms with Crippen LogP contribution < -0.4 is 5.32 Å². The summed E-state index contributed by atoms with van der Waals surface area (Å²) in [6, 6.07) is 4.08. The number of rotatable bonds is 4. The van der Waals surface area contributed by atoms with Crippen LogP contribution in [0.2, 0.25) is 0 Å². The van der Waals surface area contributed by atoms with Crippen LogP contribution in [0.5, 0.6) is 0 Å². The molecule has 1 atom stereocenters. The Morgan fingerprint density at radius 2 is 2.00 bits per heavy atom. The smallest absolute Gasteiger partial charge is 0.416 e. The SMILES string of the molecule is COC(=O)C(NC1CC1)c1ccccc1C(F)(F)F. The predicted molar refractivity (Wildman–Crippen MR) is 62.4 cm³/mol. The van der Waals surface area contributed by atoms with Gasteiger partial charge in [-0.1, -0.05) is 18.2 Å². The average Bonchev–Trinajstić information content (AvgIpc) is 3.18. The first-order valence-electron chi connectivity index (χ1n) is 5.93. The molecule has 6 heteroatoms. The van der Waals surface area contributed by atoms with Crippen molar-refractivity contribution in [2.24, 2.45) is 0 Å². The van der Waals surface area contributed by atoms with Crippen molar-refractivity contribution >= 4 is 5.97 Å². The molecule has 1 fully saturated rings. The Hall–Kier alpha value is -1.56. The van der Waals surface area contributed by atoms with Crippen LogP contribution in [-0.4, -0.2) is 19.1 Å². The largest absolute Gasteiger partial charge is 0.468 e. The number of hydrogen-bond donors (Lipinski definition) is 1. The third kappa shape index (κ3) is 3.26. The van der Waals surface area contributed by atoms with Gasteiger partial charge in [0.05, 0.1) is 12.7 Å². The molecule has 1 aliphatic rings. The Morgan fingerprint density at radius 3 is 2.53 bits per heavy atom. The molecule has 19 heavy (non-hydrogen) atoms. The number of nitrogens with one attached hydrogen (secondary N) is 1. The summed E-state index contributed by atoms with van der Waals surface area (Å²) in [6.07, 6.45) is -2.77. The number of carbonyl (C=O) groups excluding carboxylic acids is 1. The molecule has 0 saturated heterocycles. The van der Waals surface area contributed by atoms with Crippen LogP contribution in [0, 0.1) is 0 Å². The van der Waals surface area contributed by atoms with Gasteiger partial charge < -0.3 is 4.74 Å². The van der Waals surface area contributed by atoms with Crippen molar-refractivity contribution in [2.75, 3.05) is 7.11 Å². The van der Waals surface area contributed by atoms with E-state index in [-0.39, 0.29) is 11.6 Å². The van der Waals surface area contributed by atoms with E-state index in [0.717, 1.165) is 18.9 Å². The molecular formula is C13H14F3NO2. The number of alkyl halides is 3. The highest BCUT2D eigenvalue weighted by molar-refractivity contribution is 5.78. The van der Waals surface area contributed by atoms with Gasteiger partial charge in [0.1, 0.15) is 6.04 Å². The van der Waals surface area contributed by atoms with E-state index in [2.05, 4.69) is 10.1 Å². The Morgan fingerprint density at radius 1 is 1.37 bits per heavy atom. The maximum Gasteiger partial charge on any atom is 0.416 e. The van der Waals surface area contributed by atoms with E-state index in [9.17, 15) is 18.0 Å². The third-order valence-corrected chi connectivity index (χ3v) is 2.99. The van der Waals surface area contributed by atoms with Gasteiger partial charge in [-0.15, -0.1) is 0 Å². The first kappa shape index (κ1) is 13.9. The lowest BCUT2D eigenvalue weighted by Crippen LogP contribution is -2.32. The van der Waals surface area contributed by atoms with Gasteiger partial charge in [-0.3, -0.25) is 5.32 Å². The molecule has 0 bridgehead atoms. The summed E-state index contributed by atoms with van der Waals surface area (Å²) in [5.74, 6) is -0.705. The second-order valence-corrected chi connectivity index (χ2v) is 4.48. The van der Waals surface area contributed by atoms with Crippen molar-refractivity contribution in [1.82, 2.24) is 5.32 Å². The highest BCUT2D eigenvalue weighted by Gasteiger charge is 2.38. The minimum absolute atomic E-state index is 0.0883. The van der Waals surface area contributed by atoms with E-state index in [1.165, 1.54) is 25.3 Å². The highest BCUT2D eigenvalue weighted by Crippen LogP contribution is 2.36. The molecule has 1 saturated carbocycles. The summed E-state index contributed by atoms with van der Waals surface area (Å²) in [4.78, 5) is 11.7. The maximum absolute atomic E-state index is 12.9. The monoisotopic (exact) mass is 273 g/mol. The van der Waals surface area contributed by atoms with Gasteiger partial charge >= 0.3 is 12.1 Å². The van der Waals surface area contributed by atoms with E-state index in [1.54, 1.807) is 0 Å². The topological polar surface area (TPSA) is 38.3 Å². The molecule has 0 aliphatic heterocycles. The number of carbonyl (C=O) groups is 1. The van der Waals surface area contributed by atoms with Crippen molar-refractivity contribution in [2.45, 2.75) is 31.1 Å². The Bertz CT molecular complexity index is 469. The Balaban J connectivity index is 2.37. The number of methoxy groups -OCH3 is 1. The summed E-state index contributed by atoms with van der Waals surface area (Å²) in [5, 5.41) is 2.90. The van der Waals surface area contributed by atoms with E-state index in [0.29, 0.717) is 0 Å². The number of halogens is 3. The minimum Gasteiger partial charge on any atom is -0.468 e. The first-order valence-corrected chi connectivity index (χ1v) is 5.93. The molecule has 1 aromatic rings. The zero-order valence-corrected chi connectivity index (χ0v) is 10.3. The molecule has 0 amide bonds. The predicted octanol–water partition coefficient (Wildman–Crippen LogP) is 2.67. The third-order valence-electron chi connectivity index (χ3n) is 2.99. The van der Waals surface area contributed by atoms with Crippen LogP contribution >= 0.6 is 0 Å². The van der Waals surface area contributed by atoms with E-state index >= 15 is 0 Å². The number of esters is 1. The fraction of sp³-hybridized carbons (Fsp3) is 0.462. The van der Waals surface area contributed by atoms with Gasteiger partial charge in [-0.05, 0) is 24.5 Å². The highest BCUT2D eigenvalue weighted by atomic mass is 19.4. The molecule has 1 N–H and O–H groups in total. The zero-order chi connectivity index (χ0) is 14.0. The first-order chi connectivity index (χ1) is 8.93. The summed E-state index contributed by atoms with van der Waals surface area (Å²) < 4.78 is 43.4. The quantitative estimate of drug-likeness (QED) is 0.857. The minimum atomic E-state index is -4.49. The molecule has 3 nitrogen and oxygen atoms in total.